The van der Waals surface area contributed by atoms with Crippen LogP contribution in [0.15, 0.2) is 94.5 Å². The molecule has 0 atom stereocenters. The van der Waals surface area contributed by atoms with Gasteiger partial charge in [-0.2, -0.15) is 0 Å². The molecule has 2 aromatic heterocycles. The summed E-state index contributed by atoms with van der Waals surface area (Å²) in [5, 5.41) is 24.6. The molecule has 6 rings (SSSR count). The number of fused-ring (bicyclic) bond motifs is 6. The van der Waals surface area contributed by atoms with Gasteiger partial charge in [0.2, 0.25) is 0 Å². The second kappa shape index (κ2) is 8.07. The van der Waals surface area contributed by atoms with E-state index in [4.69, 9.17) is 0 Å². The molecule has 0 bridgehead atoms. The van der Waals surface area contributed by atoms with Crippen LogP contribution in [0.1, 0.15) is 0 Å². The molecule has 0 amide bonds. The molecule has 0 unspecified atom stereocenters. The lowest BCUT2D eigenvalue weighted by Gasteiger charge is -2.02. The highest BCUT2D eigenvalue weighted by molar-refractivity contribution is 7.21. The largest absolute Gasteiger partial charge is 0.499 e. The summed E-state index contributed by atoms with van der Waals surface area (Å²) >= 11 is 2.48. The van der Waals surface area contributed by atoms with Crippen molar-refractivity contribution in [3.63, 3.8) is 0 Å². The highest BCUT2D eigenvalue weighted by Crippen LogP contribution is 2.31. The predicted molar refractivity (Wildman–Crippen MR) is 135 cm³/mol. The maximum atomic E-state index is 11.7. The van der Waals surface area contributed by atoms with Crippen molar-refractivity contribution >= 4 is 64.4 Å². The van der Waals surface area contributed by atoms with Crippen molar-refractivity contribution < 1.29 is 10.2 Å². The fraction of sp³-hybridized carbons (Fsp3) is 0. The minimum absolute atomic E-state index is 0.0638. The first-order chi connectivity index (χ1) is 15.5. The first kappa shape index (κ1) is 20.2. The van der Waals surface area contributed by atoms with E-state index in [0.717, 1.165) is 30.9 Å². The van der Waals surface area contributed by atoms with E-state index in [1.807, 2.05) is 72.8 Å². The maximum Gasteiger partial charge on any atom is 0.191 e. The fourth-order valence-corrected chi connectivity index (χ4v) is 5.64. The lowest BCUT2D eigenvalue weighted by atomic mass is 10.1. The summed E-state index contributed by atoms with van der Waals surface area (Å²) in [6.45, 7) is 0. The Morgan fingerprint density at radius 3 is 1.34 bits per heavy atom. The Morgan fingerprint density at radius 1 is 0.500 bits per heavy atom. The first-order valence-electron chi connectivity index (χ1n) is 9.80. The van der Waals surface area contributed by atoms with Gasteiger partial charge in [0.1, 0.15) is 0 Å². The minimum Gasteiger partial charge on any atom is -0.499 e. The summed E-state index contributed by atoms with van der Waals surface area (Å²) in [5.41, 5.74) is -0.256. The van der Waals surface area contributed by atoms with E-state index in [1.165, 1.54) is 34.8 Å². The quantitative estimate of drug-likeness (QED) is 0.265. The number of hydrogen-bond acceptors (Lipinski definition) is 6. The lowest BCUT2D eigenvalue weighted by Crippen LogP contribution is -1.97. The molecule has 4 nitrogen and oxygen atoms in total. The van der Waals surface area contributed by atoms with Gasteiger partial charge in [-0.15, -0.1) is 0 Å². The Bertz CT molecular complexity index is 1620. The molecule has 6 heteroatoms. The van der Waals surface area contributed by atoms with E-state index in [9.17, 15) is 19.8 Å². The highest BCUT2D eigenvalue weighted by atomic mass is 32.1. The number of hydrogen-bond donors (Lipinski definition) is 2. The van der Waals surface area contributed by atoms with Crippen LogP contribution in [-0.4, -0.2) is 10.2 Å². The van der Waals surface area contributed by atoms with Crippen molar-refractivity contribution in [3.05, 3.63) is 105 Å². The molecule has 156 valence electrons. The monoisotopic (exact) mass is 456 g/mol. The van der Waals surface area contributed by atoms with Gasteiger partial charge >= 0.3 is 0 Å². The Balaban J connectivity index is 0.000000135. The van der Waals surface area contributed by atoms with Crippen molar-refractivity contribution in [1.82, 2.24) is 0 Å². The third-order valence-electron chi connectivity index (χ3n) is 5.21. The molecule has 0 aliphatic carbocycles. The van der Waals surface area contributed by atoms with Crippen molar-refractivity contribution in [2.75, 3.05) is 0 Å². The molecule has 0 saturated carbocycles. The molecule has 2 N–H and O–H groups in total. The smallest absolute Gasteiger partial charge is 0.191 e. The number of benzene rings is 4. The van der Waals surface area contributed by atoms with Gasteiger partial charge in [-0.05, 0) is 33.7 Å². The average Bonchev–Trinajstić information content (AvgIpc) is 2.79. The van der Waals surface area contributed by atoms with E-state index >= 15 is 0 Å². The van der Waals surface area contributed by atoms with Crippen LogP contribution < -0.4 is 10.9 Å². The topological polar surface area (TPSA) is 74.6 Å². The summed E-state index contributed by atoms with van der Waals surface area (Å²) in [7, 11) is 0. The molecule has 4 aromatic carbocycles. The maximum absolute atomic E-state index is 11.7. The SMILES string of the molecule is O=c1cc(O)sc2c1ccc1ccccc12.O=c1cc(O)sc2c1ccc1ccccc12. The molecule has 0 spiro atoms. The van der Waals surface area contributed by atoms with E-state index in [1.54, 1.807) is 0 Å². The van der Waals surface area contributed by atoms with E-state index < -0.39 is 0 Å². The van der Waals surface area contributed by atoms with Gasteiger partial charge in [0.05, 0.1) is 0 Å². The van der Waals surface area contributed by atoms with Gasteiger partial charge < -0.3 is 10.2 Å². The van der Waals surface area contributed by atoms with Crippen LogP contribution in [0.5, 0.6) is 10.1 Å². The molecule has 0 fully saturated rings. The van der Waals surface area contributed by atoms with Crippen LogP contribution in [0.4, 0.5) is 0 Å². The van der Waals surface area contributed by atoms with Crippen LogP contribution in [0.3, 0.4) is 0 Å². The normalized spacial score (nSPS) is 11.0. The molecular formula is C26H16O4S2. The second-order valence-electron chi connectivity index (χ2n) is 7.22. The molecular weight excluding hydrogens is 440 g/mol. The summed E-state index contributed by atoms with van der Waals surface area (Å²) in [6.07, 6.45) is 0. The van der Waals surface area contributed by atoms with Crippen molar-refractivity contribution in [3.8, 4) is 10.1 Å². The third kappa shape index (κ3) is 3.60. The summed E-state index contributed by atoms with van der Waals surface area (Å²) in [5.74, 6) is 0. The van der Waals surface area contributed by atoms with Crippen LogP contribution in [0.2, 0.25) is 0 Å². The van der Waals surface area contributed by atoms with Gasteiger partial charge in [0.25, 0.3) is 0 Å². The van der Waals surface area contributed by atoms with Crippen molar-refractivity contribution in [1.29, 1.82) is 0 Å². The Morgan fingerprint density at radius 2 is 0.906 bits per heavy atom. The molecule has 2 heterocycles. The lowest BCUT2D eigenvalue weighted by molar-refractivity contribution is 0.489. The molecule has 6 aromatic rings. The minimum atomic E-state index is -0.128. The van der Waals surface area contributed by atoms with E-state index in [2.05, 4.69) is 0 Å². The predicted octanol–water partition coefficient (Wildman–Crippen LogP) is 6.24. The van der Waals surface area contributed by atoms with Gasteiger partial charge in [0, 0.05) is 32.3 Å². The number of aromatic hydroxyl groups is 2. The molecule has 0 radical (unpaired) electrons. The summed E-state index contributed by atoms with van der Waals surface area (Å²) < 4.78 is 1.70. The molecule has 0 aliphatic heterocycles. The van der Waals surface area contributed by atoms with Gasteiger partial charge in [-0.3, -0.25) is 9.59 Å². The van der Waals surface area contributed by atoms with Crippen LogP contribution in [-0.2, 0) is 0 Å². The van der Waals surface area contributed by atoms with Crippen LogP contribution >= 0.6 is 22.7 Å². The Labute approximate surface area is 189 Å². The van der Waals surface area contributed by atoms with Gasteiger partial charge in [0.15, 0.2) is 21.0 Å². The molecule has 0 saturated heterocycles. The third-order valence-corrected chi connectivity index (χ3v) is 7.15. The first-order valence-corrected chi connectivity index (χ1v) is 11.4. The van der Waals surface area contributed by atoms with Gasteiger partial charge in [-0.25, -0.2) is 0 Å². The zero-order valence-corrected chi connectivity index (χ0v) is 18.2. The zero-order chi connectivity index (χ0) is 22.2. The van der Waals surface area contributed by atoms with Crippen LogP contribution in [0.25, 0.3) is 41.7 Å². The van der Waals surface area contributed by atoms with Crippen molar-refractivity contribution in [2.24, 2.45) is 0 Å². The van der Waals surface area contributed by atoms with Crippen molar-refractivity contribution in [2.45, 2.75) is 0 Å². The summed E-state index contributed by atoms with van der Waals surface area (Å²) in [6, 6.07) is 25.7. The standard InChI is InChI=1S/2C13H8O2S/c2*14-11-7-12(15)16-13-9-4-2-1-3-8(9)5-6-10(11)13/h2*1-7,15H. The number of rotatable bonds is 0. The molecule has 32 heavy (non-hydrogen) atoms. The average molecular weight is 457 g/mol. The summed E-state index contributed by atoms with van der Waals surface area (Å²) in [4.78, 5) is 23.4. The second-order valence-corrected chi connectivity index (χ2v) is 9.29. The highest BCUT2D eigenvalue weighted by Gasteiger charge is 2.06. The Hall–Kier alpha value is -3.74. The molecule has 0 aliphatic rings. The fourth-order valence-electron chi connectivity index (χ4n) is 3.74. The Kier molecular flexibility index (Phi) is 5.09. The zero-order valence-electron chi connectivity index (χ0n) is 16.6. The van der Waals surface area contributed by atoms with Crippen LogP contribution in [0, 0.1) is 0 Å². The van der Waals surface area contributed by atoms with Gasteiger partial charge in [-0.1, -0.05) is 83.3 Å². The van der Waals surface area contributed by atoms with E-state index in [-0.39, 0.29) is 21.0 Å². The van der Waals surface area contributed by atoms with E-state index in [0.29, 0.717) is 10.8 Å².